The number of aryl methyl sites for hydroxylation is 2. The Morgan fingerprint density at radius 1 is 1.15 bits per heavy atom. The van der Waals surface area contributed by atoms with E-state index in [0.717, 1.165) is 62.9 Å². The van der Waals surface area contributed by atoms with Gasteiger partial charge in [0.05, 0.1) is 12.4 Å². The molecule has 0 fully saturated rings. The van der Waals surface area contributed by atoms with Crippen molar-refractivity contribution in [3.63, 3.8) is 0 Å². The first-order chi connectivity index (χ1) is 20.0. The van der Waals surface area contributed by atoms with Gasteiger partial charge in [-0.25, -0.2) is 14.2 Å². The number of hydrogen-bond acceptors (Lipinski definition) is 9. The SMILES string of the molecule is O=C(O)C(CCN(CCCCc1ccc2c(n1)NCCC2)CCOc1cncc(F)c1)Nc1nc2ccccc2o1. The Balaban J connectivity index is 1.16. The molecule has 0 saturated carbocycles. The van der Waals surface area contributed by atoms with Gasteiger partial charge in [0.25, 0.3) is 6.01 Å². The van der Waals surface area contributed by atoms with Crippen LogP contribution in [0.25, 0.3) is 11.1 Å². The third kappa shape index (κ3) is 8.14. The number of fused-ring (bicyclic) bond motifs is 2. The van der Waals surface area contributed by atoms with Crippen LogP contribution in [0.3, 0.4) is 0 Å². The maximum Gasteiger partial charge on any atom is 0.326 e. The van der Waals surface area contributed by atoms with Gasteiger partial charge in [-0.1, -0.05) is 18.2 Å². The number of carboxylic acid groups (broad SMARTS) is 1. The Morgan fingerprint density at radius 2 is 2.05 bits per heavy atom. The summed E-state index contributed by atoms with van der Waals surface area (Å²) in [6.45, 7) is 3.09. The van der Waals surface area contributed by atoms with E-state index in [1.54, 1.807) is 6.07 Å². The fraction of sp³-hybridized carbons (Fsp3) is 0.400. The van der Waals surface area contributed by atoms with Crippen LogP contribution >= 0.6 is 0 Å². The molecule has 1 aliphatic rings. The van der Waals surface area contributed by atoms with E-state index in [0.29, 0.717) is 43.0 Å². The number of aromatic nitrogens is 3. The summed E-state index contributed by atoms with van der Waals surface area (Å²) in [5.41, 5.74) is 3.60. The normalized spacial score (nSPS) is 13.5. The van der Waals surface area contributed by atoms with E-state index < -0.39 is 17.8 Å². The molecule has 4 aromatic rings. The van der Waals surface area contributed by atoms with Gasteiger partial charge in [-0.15, -0.1) is 0 Å². The van der Waals surface area contributed by atoms with Crippen LogP contribution in [0.4, 0.5) is 16.2 Å². The lowest BCUT2D eigenvalue weighted by Crippen LogP contribution is -2.37. The fourth-order valence-corrected chi connectivity index (χ4v) is 4.90. The summed E-state index contributed by atoms with van der Waals surface area (Å²) in [6, 6.07) is 12.2. The summed E-state index contributed by atoms with van der Waals surface area (Å²) in [4.78, 5) is 27.2. The molecule has 0 amide bonds. The number of ether oxygens (including phenoxy) is 1. The van der Waals surface area contributed by atoms with Crippen molar-refractivity contribution in [2.24, 2.45) is 0 Å². The number of nitrogens with zero attached hydrogens (tertiary/aromatic N) is 4. The second-order valence-electron chi connectivity index (χ2n) is 10.1. The van der Waals surface area contributed by atoms with Gasteiger partial charge in [0.2, 0.25) is 0 Å². The number of carboxylic acids is 1. The first-order valence-electron chi connectivity index (χ1n) is 14.1. The van der Waals surface area contributed by atoms with Crippen LogP contribution in [0.5, 0.6) is 5.75 Å². The van der Waals surface area contributed by atoms with E-state index in [1.807, 2.05) is 18.2 Å². The van der Waals surface area contributed by atoms with Crippen molar-refractivity contribution in [3.05, 3.63) is 71.9 Å². The zero-order valence-corrected chi connectivity index (χ0v) is 22.9. The molecule has 0 radical (unpaired) electrons. The molecule has 1 unspecified atom stereocenters. The highest BCUT2D eigenvalue weighted by atomic mass is 19.1. The Morgan fingerprint density at radius 3 is 2.90 bits per heavy atom. The zero-order chi connectivity index (χ0) is 28.4. The van der Waals surface area contributed by atoms with Crippen molar-refractivity contribution in [2.45, 2.75) is 44.6 Å². The molecule has 0 saturated heterocycles. The fourth-order valence-electron chi connectivity index (χ4n) is 4.90. The minimum absolute atomic E-state index is 0.180. The molecule has 0 bridgehead atoms. The van der Waals surface area contributed by atoms with Crippen molar-refractivity contribution < 1.29 is 23.4 Å². The smallest absolute Gasteiger partial charge is 0.326 e. The predicted molar refractivity (Wildman–Crippen MR) is 154 cm³/mol. The van der Waals surface area contributed by atoms with Gasteiger partial charge in [0.15, 0.2) is 5.58 Å². The molecule has 4 heterocycles. The maximum absolute atomic E-state index is 13.5. The lowest BCUT2D eigenvalue weighted by atomic mass is 10.1. The predicted octanol–water partition coefficient (Wildman–Crippen LogP) is 4.77. The van der Waals surface area contributed by atoms with Crippen LogP contribution in [-0.4, -0.2) is 69.8 Å². The summed E-state index contributed by atoms with van der Waals surface area (Å²) in [7, 11) is 0. The number of halogens is 1. The number of benzene rings is 1. The van der Waals surface area contributed by atoms with Crippen molar-refractivity contribution in [3.8, 4) is 5.75 Å². The Labute approximate surface area is 238 Å². The van der Waals surface area contributed by atoms with Crippen LogP contribution in [0.2, 0.25) is 0 Å². The largest absolute Gasteiger partial charge is 0.491 e. The third-order valence-electron chi connectivity index (χ3n) is 7.09. The van der Waals surface area contributed by atoms with E-state index in [1.165, 1.54) is 17.8 Å². The van der Waals surface area contributed by atoms with E-state index in [-0.39, 0.29) is 6.01 Å². The summed E-state index contributed by atoms with van der Waals surface area (Å²) in [5, 5.41) is 16.2. The minimum Gasteiger partial charge on any atom is -0.491 e. The van der Waals surface area contributed by atoms with Gasteiger partial charge >= 0.3 is 5.97 Å². The van der Waals surface area contributed by atoms with Gasteiger partial charge in [-0.05, 0) is 68.8 Å². The highest BCUT2D eigenvalue weighted by Gasteiger charge is 2.21. The number of pyridine rings is 2. The number of aliphatic carboxylic acids is 1. The van der Waals surface area contributed by atoms with E-state index in [4.69, 9.17) is 14.1 Å². The van der Waals surface area contributed by atoms with Crippen molar-refractivity contribution in [1.29, 1.82) is 0 Å². The standard InChI is InChI=1S/C30H35FN6O4/c31-22-18-24(20-32-19-22)40-17-16-37(14-4-3-7-23-11-10-21-6-5-13-33-28(21)34-23)15-12-26(29(38)39)36-30-35-25-8-1-2-9-27(25)41-30/h1-2,8-11,18-20,26H,3-7,12-17H2,(H,33,34)(H,35,36)(H,38,39). The molecule has 1 aromatic carbocycles. The molecule has 10 nitrogen and oxygen atoms in total. The Kier molecular flexibility index (Phi) is 9.58. The first kappa shape index (κ1) is 28.3. The number of rotatable bonds is 15. The number of hydrogen-bond donors (Lipinski definition) is 3. The average molecular weight is 563 g/mol. The lowest BCUT2D eigenvalue weighted by Gasteiger charge is -2.24. The number of carbonyl (C=O) groups is 1. The number of para-hydroxylation sites is 2. The molecule has 3 aromatic heterocycles. The van der Waals surface area contributed by atoms with Gasteiger partial charge in [0.1, 0.15) is 35.6 Å². The third-order valence-corrected chi connectivity index (χ3v) is 7.09. The van der Waals surface area contributed by atoms with Crippen LogP contribution < -0.4 is 15.4 Å². The van der Waals surface area contributed by atoms with Gasteiger partial charge in [-0.3, -0.25) is 9.88 Å². The molecule has 1 atom stereocenters. The quantitative estimate of drug-likeness (QED) is 0.174. The molecule has 41 heavy (non-hydrogen) atoms. The van der Waals surface area contributed by atoms with E-state index >= 15 is 0 Å². The molecular weight excluding hydrogens is 527 g/mol. The van der Waals surface area contributed by atoms with E-state index in [9.17, 15) is 14.3 Å². The van der Waals surface area contributed by atoms with E-state index in [2.05, 4.69) is 37.6 Å². The molecule has 11 heteroatoms. The van der Waals surface area contributed by atoms with Crippen LogP contribution in [0, 0.1) is 5.82 Å². The van der Waals surface area contributed by atoms with Crippen LogP contribution in [0.1, 0.15) is 36.9 Å². The Bertz CT molecular complexity index is 1410. The van der Waals surface area contributed by atoms with Gasteiger partial charge < -0.3 is 24.9 Å². The first-order valence-corrected chi connectivity index (χ1v) is 14.1. The van der Waals surface area contributed by atoms with Crippen molar-refractivity contribution in [2.75, 3.05) is 43.4 Å². The van der Waals surface area contributed by atoms with Crippen molar-refractivity contribution >= 4 is 28.9 Å². The highest BCUT2D eigenvalue weighted by molar-refractivity contribution is 5.78. The highest BCUT2D eigenvalue weighted by Crippen LogP contribution is 2.21. The molecule has 5 rings (SSSR count). The summed E-state index contributed by atoms with van der Waals surface area (Å²) >= 11 is 0. The summed E-state index contributed by atoms with van der Waals surface area (Å²) in [5.74, 6) is -0.0788. The zero-order valence-electron chi connectivity index (χ0n) is 22.9. The molecule has 216 valence electrons. The number of nitrogens with one attached hydrogen (secondary N) is 2. The molecule has 1 aliphatic heterocycles. The van der Waals surface area contributed by atoms with Gasteiger partial charge in [-0.2, -0.15) is 4.98 Å². The second-order valence-corrected chi connectivity index (χ2v) is 10.1. The molecule has 3 N–H and O–H groups in total. The monoisotopic (exact) mass is 562 g/mol. The lowest BCUT2D eigenvalue weighted by molar-refractivity contribution is -0.138. The van der Waals surface area contributed by atoms with Gasteiger partial charge in [0, 0.05) is 31.4 Å². The van der Waals surface area contributed by atoms with Crippen molar-refractivity contribution in [1.82, 2.24) is 19.9 Å². The topological polar surface area (TPSA) is 126 Å². The van der Waals surface area contributed by atoms with Crippen LogP contribution in [-0.2, 0) is 17.6 Å². The minimum atomic E-state index is -0.985. The average Bonchev–Trinajstić information content (AvgIpc) is 3.39. The molecular formula is C30H35FN6O4. The molecule has 0 spiro atoms. The van der Waals surface area contributed by atoms with Crippen LogP contribution in [0.15, 0.2) is 59.3 Å². The molecule has 0 aliphatic carbocycles. The maximum atomic E-state index is 13.5. The number of unbranched alkanes of at least 4 members (excludes halogenated alkanes) is 1. The summed E-state index contributed by atoms with van der Waals surface area (Å²) < 4.78 is 24.9. The second kappa shape index (κ2) is 13.9. The summed E-state index contributed by atoms with van der Waals surface area (Å²) in [6.07, 6.45) is 7.85. The Hall–Kier alpha value is -4.25. The number of anilines is 2. The number of oxazole rings is 1.